The van der Waals surface area contributed by atoms with E-state index >= 15 is 0 Å². The summed E-state index contributed by atoms with van der Waals surface area (Å²) in [4.78, 5) is 3.32. The molecule has 1 N–H and O–H groups in total. The summed E-state index contributed by atoms with van der Waals surface area (Å²) in [6.45, 7) is 5.93. The van der Waals surface area contributed by atoms with E-state index < -0.39 is 0 Å². The highest BCUT2D eigenvalue weighted by Crippen LogP contribution is 2.12. The maximum Gasteiger partial charge on any atom is 0.0176 e. The summed E-state index contributed by atoms with van der Waals surface area (Å²) in [5, 5.41) is 0. The van der Waals surface area contributed by atoms with E-state index in [4.69, 9.17) is 0 Å². The van der Waals surface area contributed by atoms with E-state index in [1.54, 1.807) is 0 Å². The summed E-state index contributed by atoms with van der Waals surface area (Å²) in [6.07, 6.45) is 16.1. The van der Waals surface area contributed by atoms with Crippen molar-refractivity contribution in [2.24, 2.45) is 0 Å². The summed E-state index contributed by atoms with van der Waals surface area (Å²) in [5.41, 5.74) is 2.84. The fourth-order valence-electron chi connectivity index (χ4n) is 2.23. The van der Waals surface area contributed by atoms with Gasteiger partial charge in [-0.25, -0.2) is 0 Å². The Morgan fingerprint density at radius 3 is 2.29 bits per heavy atom. The first-order valence-corrected chi connectivity index (χ1v) is 7.08. The van der Waals surface area contributed by atoms with Crippen LogP contribution in [0, 0.1) is 6.92 Å². The van der Waals surface area contributed by atoms with Crippen molar-refractivity contribution >= 4 is 0 Å². The molecule has 0 atom stereocenters. The smallest absolute Gasteiger partial charge is 0.0176 e. The largest absolute Gasteiger partial charge is 0.365 e. The van der Waals surface area contributed by atoms with Gasteiger partial charge >= 0.3 is 0 Å². The number of aromatic nitrogens is 1. The van der Waals surface area contributed by atoms with E-state index in [-0.39, 0.29) is 0 Å². The maximum absolute atomic E-state index is 3.75. The second kappa shape index (κ2) is 9.09. The number of allylic oxidation sites excluding steroid dienone is 1. The van der Waals surface area contributed by atoms with E-state index in [1.807, 2.05) is 12.3 Å². The van der Waals surface area contributed by atoms with Gasteiger partial charge in [0.1, 0.15) is 0 Å². The maximum atomic E-state index is 3.75. The Balaban J connectivity index is 1.88. The molecule has 0 saturated heterocycles. The molecule has 1 heterocycles. The van der Waals surface area contributed by atoms with Gasteiger partial charge in [-0.05, 0) is 44.2 Å². The number of hydrogen-bond acceptors (Lipinski definition) is 0. The number of nitrogens with one attached hydrogen (secondary N) is 1. The summed E-state index contributed by atoms with van der Waals surface area (Å²) in [6, 6.07) is 2.16. The quantitative estimate of drug-likeness (QED) is 0.424. The summed E-state index contributed by atoms with van der Waals surface area (Å²) in [7, 11) is 0. The average Bonchev–Trinajstić information content (AvgIpc) is 2.73. The second-order valence-corrected chi connectivity index (χ2v) is 4.94. The zero-order valence-electron chi connectivity index (χ0n) is 11.3. The zero-order chi connectivity index (χ0) is 12.3. The van der Waals surface area contributed by atoms with Gasteiger partial charge in [-0.3, -0.25) is 0 Å². The topological polar surface area (TPSA) is 15.8 Å². The van der Waals surface area contributed by atoms with Crippen molar-refractivity contribution in [3.05, 3.63) is 36.2 Å². The molecule has 0 spiro atoms. The SMILES string of the molecule is C=CCCCCCCCCCc1[nH]ccc1C. The Morgan fingerprint density at radius 1 is 1.06 bits per heavy atom. The molecule has 1 aromatic heterocycles. The van der Waals surface area contributed by atoms with Crippen molar-refractivity contribution in [1.82, 2.24) is 4.98 Å². The lowest BCUT2D eigenvalue weighted by atomic mass is 10.1. The minimum atomic E-state index is 1.19. The summed E-state index contributed by atoms with van der Waals surface area (Å²) < 4.78 is 0. The van der Waals surface area contributed by atoms with Crippen LogP contribution >= 0.6 is 0 Å². The predicted octanol–water partition coefficient (Wildman–Crippen LogP) is 5.17. The minimum Gasteiger partial charge on any atom is -0.365 e. The van der Waals surface area contributed by atoms with Crippen LogP contribution in [-0.4, -0.2) is 4.98 Å². The Bertz CT molecular complexity index is 298. The van der Waals surface area contributed by atoms with Crippen LogP contribution in [0.3, 0.4) is 0 Å². The van der Waals surface area contributed by atoms with E-state index in [2.05, 4.69) is 24.6 Å². The molecule has 0 aliphatic carbocycles. The van der Waals surface area contributed by atoms with Gasteiger partial charge in [0.05, 0.1) is 0 Å². The number of aromatic amines is 1. The molecule has 0 saturated carbocycles. The first kappa shape index (κ1) is 14.1. The van der Waals surface area contributed by atoms with Crippen molar-refractivity contribution < 1.29 is 0 Å². The number of H-pyrrole nitrogens is 1. The molecule has 0 fully saturated rings. The number of unbranched alkanes of at least 4 members (excludes halogenated alkanes) is 7. The molecule has 0 amide bonds. The van der Waals surface area contributed by atoms with Gasteiger partial charge in [0, 0.05) is 11.9 Å². The molecule has 1 aromatic rings. The lowest BCUT2D eigenvalue weighted by Gasteiger charge is -2.02. The molecule has 1 rings (SSSR count). The van der Waals surface area contributed by atoms with E-state index in [9.17, 15) is 0 Å². The first-order chi connectivity index (χ1) is 8.34. The standard InChI is InChI=1S/C16H27N/c1-3-4-5-6-7-8-9-10-11-12-16-15(2)13-14-17-16/h3,13-14,17H,1,4-12H2,2H3. The highest BCUT2D eigenvalue weighted by Gasteiger charge is 1.98. The highest BCUT2D eigenvalue weighted by molar-refractivity contribution is 5.18. The highest BCUT2D eigenvalue weighted by atomic mass is 14.7. The molecule has 0 aliphatic heterocycles. The van der Waals surface area contributed by atoms with Gasteiger partial charge in [-0.2, -0.15) is 0 Å². The molecule has 0 aliphatic rings. The molecular formula is C16H27N. The van der Waals surface area contributed by atoms with Crippen LogP contribution < -0.4 is 0 Å². The van der Waals surface area contributed by atoms with Crippen LogP contribution in [-0.2, 0) is 6.42 Å². The molecular weight excluding hydrogens is 206 g/mol. The van der Waals surface area contributed by atoms with E-state index in [0.29, 0.717) is 0 Å². The van der Waals surface area contributed by atoms with Crippen molar-refractivity contribution in [3.8, 4) is 0 Å². The molecule has 0 aromatic carbocycles. The normalized spacial score (nSPS) is 10.6. The zero-order valence-corrected chi connectivity index (χ0v) is 11.3. The van der Waals surface area contributed by atoms with Gasteiger partial charge in [-0.15, -0.1) is 6.58 Å². The molecule has 0 unspecified atom stereocenters. The summed E-state index contributed by atoms with van der Waals surface area (Å²) in [5.74, 6) is 0. The third kappa shape index (κ3) is 6.35. The summed E-state index contributed by atoms with van der Waals surface area (Å²) >= 11 is 0. The van der Waals surface area contributed by atoms with Crippen molar-refractivity contribution in [2.45, 2.75) is 64.7 Å². The van der Waals surface area contributed by atoms with Crippen molar-refractivity contribution in [1.29, 1.82) is 0 Å². The van der Waals surface area contributed by atoms with Crippen LogP contribution in [0.2, 0.25) is 0 Å². The molecule has 1 heteroatoms. The third-order valence-electron chi connectivity index (χ3n) is 3.40. The van der Waals surface area contributed by atoms with E-state index in [1.165, 1.54) is 69.0 Å². The van der Waals surface area contributed by atoms with Gasteiger partial charge in [0.2, 0.25) is 0 Å². The Kier molecular flexibility index (Phi) is 7.53. The van der Waals surface area contributed by atoms with Gasteiger partial charge in [0.15, 0.2) is 0 Å². The van der Waals surface area contributed by atoms with Gasteiger partial charge in [-0.1, -0.05) is 38.2 Å². The van der Waals surface area contributed by atoms with Crippen LogP contribution in [0.25, 0.3) is 0 Å². The third-order valence-corrected chi connectivity index (χ3v) is 3.40. The molecule has 1 nitrogen and oxygen atoms in total. The molecule has 96 valence electrons. The number of rotatable bonds is 10. The predicted molar refractivity (Wildman–Crippen MR) is 76.4 cm³/mol. The van der Waals surface area contributed by atoms with Gasteiger partial charge < -0.3 is 4.98 Å². The Hall–Kier alpha value is -0.980. The van der Waals surface area contributed by atoms with Crippen molar-refractivity contribution in [3.63, 3.8) is 0 Å². The van der Waals surface area contributed by atoms with Gasteiger partial charge in [0.25, 0.3) is 0 Å². The monoisotopic (exact) mass is 233 g/mol. The van der Waals surface area contributed by atoms with Crippen LogP contribution in [0.4, 0.5) is 0 Å². The number of aryl methyl sites for hydroxylation is 2. The lowest BCUT2D eigenvalue weighted by Crippen LogP contribution is -1.88. The van der Waals surface area contributed by atoms with E-state index in [0.717, 1.165) is 0 Å². The first-order valence-electron chi connectivity index (χ1n) is 7.08. The minimum absolute atomic E-state index is 1.19. The average molecular weight is 233 g/mol. The van der Waals surface area contributed by atoms with Crippen molar-refractivity contribution in [2.75, 3.05) is 0 Å². The Morgan fingerprint density at radius 2 is 1.71 bits per heavy atom. The number of hydrogen-bond donors (Lipinski definition) is 1. The molecule has 0 radical (unpaired) electrons. The fraction of sp³-hybridized carbons (Fsp3) is 0.625. The Labute approximate surface area is 106 Å². The second-order valence-electron chi connectivity index (χ2n) is 4.94. The fourth-order valence-corrected chi connectivity index (χ4v) is 2.23. The lowest BCUT2D eigenvalue weighted by molar-refractivity contribution is 0.579. The van der Waals surface area contributed by atoms with Crippen LogP contribution in [0.5, 0.6) is 0 Å². The molecule has 17 heavy (non-hydrogen) atoms. The van der Waals surface area contributed by atoms with Crippen LogP contribution in [0.15, 0.2) is 24.9 Å². The van der Waals surface area contributed by atoms with Crippen LogP contribution in [0.1, 0.15) is 62.6 Å². The molecule has 0 bridgehead atoms.